The molecule has 0 aromatic heterocycles. The quantitative estimate of drug-likeness (QED) is 0.546. The second-order valence-electron chi connectivity index (χ2n) is 3.79. The van der Waals surface area contributed by atoms with Crippen molar-refractivity contribution in [1.82, 2.24) is 0 Å². The van der Waals surface area contributed by atoms with Crippen LogP contribution in [0.2, 0.25) is 0 Å². The Bertz CT molecular complexity index is 394. The van der Waals surface area contributed by atoms with Crippen LogP contribution in [0.1, 0.15) is 29.2 Å². The molecule has 80 valence electrons. The van der Waals surface area contributed by atoms with Crippen LogP contribution in [0.15, 0.2) is 18.7 Å². The Morgan fingerprint density at radius 2 is 1.67 bits per heavy atom. The number of rotatable bonds is 2. The van der Waals surface area contributed by atoms with Gasteiger partial charge in [-0.3, -0.25) is 4.79 Å². The lowest BCUT2D eigenvalue weighted by Crippen LogP contribution is -2.01. The van der Waals surface area contributed by atoms with E-state index in [-0.39, 0.29) is 5.97 Å². The van der Waals surface area contributed by atoms with Gasteiger partial charge in [0.25, 0.3) is 0 Å². The van der Waals surface area contributed by atoms with Crippen LogP contribution in [-0.4, -0.2) is 5.97 Å². The number of hydrogen-bond acceptors (Lipinski definition) is 2. The lowest BCUT2D eigenvalue weighted by atomic mass is 9.99. The predicted octanol–water partition coefficient (Wildman–Crippen LogP) is 3.15. The molecule has 0 spiro atoms. The van der Waals surface area contributed by atoms with Crippen molar-refractivity contribution in [2.24, 2.45) is 0 Å². The standard InChI is InChI=1S/C13H16O2/c1-8-6-9(2)13(10(3)7-8)11(4)15-12(5)14/h6-7H,4H2,1-3,5H3. The maximum Gasteiger partial charge on any atom is 0.308 e. The van der Waals surface area contributed by atoms with E-state index in [1.165, 1.54) is 12.5 Å². The van der Waals surface area contributed by atoms with Crippen molar-refractivity contribution in [3.8, 4) is 0 Å². The molecule has 0 heterocycles. The fraction of sp³-hybridized carbons (Fsp3) is 0.308. The zero-order valence-corrected chi connectivity index (χ0v) is 9.68. The van der Waals surface area contributed by atoms with Crippen LogP contribution in [0.25, 0.3) is 5.76 Å². The number of aryl methyl sites for hydroxylation is 3. The van der Waals surface area contributed by atoms with E-state index in [0.29, 0.717) is 5.76 Å². The summed E-state index contributed by atoms with van der Waals surface area (Å²) < 4.78 is 5.00. The molecule has 1 aromatic carbocycles. The largest absolute Gasteiger partial charge is 0.427 e. The normalized spacial score (nSPS) is 9.87. The third-order valence-corrected chi connectivity index (χ3v) is 2.22. The van der Waals surface area contributed by atoms with E-state index in [9.17, 15) is 4.79 Å². The molecule has 2 nitrogen and oxygen atoms in total. The first kappa shape index (κ1) is 11.5. The van der Waals surface area contributed by atoms with Gasteiger partial charge in [-0.2, -0.15) is 0 Å². The Morgan fingerprint density at radius 1 is 1.20 bits per heavy atom. The van der Waals surface area contributed by atoms with Gasteiger partial charge in [0.1, 0.15) is 5.76 Å². The topological polar surface area (TPSA) is 26.3 Å². The SMILES string of the molecule is C=C(OC(C)=O)c1c(C)cc(C)cc1C. The molecule has 0 aliphatic rings. The molecule has 15 heavy (non-hydrogen) atoms. The molecular weight excluding hydrogens is 188 g/mol. The molecule has 0 amide bonds. The van der Waals surface area contributed by atoms with Gasteiger partial charge < -0.3 is 4.74 Å². The molecular formula is C13H16O2. The Morgan fingerprint density at radius 3 is 2.07 bits per heavy atom. The number of esters is 1. The number of carbonyl (C=O) groups is 1. The lowest BCUT2D eigenvalue weighted by molar-refractivity contribution is -0.134. The monoisotopic (exact) mass is 204 g/mol. The average Bonchev–Trinajstić information content (AvgIpc) is 1.99. The zero-order chi connectivity index (χ0) is 11.6. The highest BCUT2D eigenvalue weighted by atomic mass is 16.5. The van der Waals surface area contributed by atoms with Gasteiger partial charge in [-0.15, -0.1) is 0 Å². The van der Waals surface area contributed by atoms with E-state index in [0.717, 1.165) is 16.7 Å². The van der Waals surface area contributed by atoms with Crippen molar-refractivity contribution in [3.05, 3.63) is 41.0 Å². The summed E-state index contributed by atoms with van der Waals surface area (Å²) in [6.45, 7) is 11.2. The second kappa shape index (κ2) is 4.30. The minimum absolute atomic E-state index is 0.334. The van der Waals surface area contributed by atoms with Crippen LogP contribution in [0.4, 0.5) is 0 Å². The summed E-state index contributed by atoms with van der Waals surface area (Å²) >= 11 is 0. The smallest absolute Gasteiger partial charge is 0.308 e. The molecule has 0 radical (unpaired) electrons. The van der Waals surface area contributed by atoms with Crippen LogP contribution < -0.4 is 0 Å². The van der Waals surface area contributed by atoms with E-state index >= 15 is 0 Å². The van der Waals surface area contributed by atoms with Crippen LogP contribution in [0.5, 0.6) is 0 Å². The van der Waals surface area contributed by atoms with Crippen LogP contribution in [0, 0.1) is 20.8 Å². The van der Waals surface area contributed by atoms with Gasteiger partial charge in [0.05, 0.1) is 0 Å². The fourth-order valence-corrected chi connectivity index (χ4v) is 1.84. The highest BCUT2D eigenvalue weighted by Gasteiger charge is 2.10. The molecule has 0 aliphatic heterocycles. The average molecular weight is 204 g/mol. The third-order valence-electron chi connectivity index (χ3n) is 2.22. The first-order chi connectivity index (χ1) is 6.91. The molecule has 0 N–H and O–H groups in total. The maximum atomic E-state index is 10.8. The van der Waals surface area contributed by atoms with Gasteiger partial charge in [0.15, 0.2) is 0 Å². The summed E-state index contributed by atoms with van der Waals surface area (Å²) in [4.78, 5) is 10.8. The fourth-order valence-electron chi connectivity index (χ4n) is 1.84. The molecule has 1 aromatic rings. The third kappa shape index (κ3) is 2.69. The molecule has 0 saturated heterocycles. The van der Waals surface area contributed by atoms with Crippen LogP contribution in [0.3, 0.4) is 0 Å². The summed E-state index contributed by atoms with van der Waals surface area (Å²) in [5.74, 6) is 0.0943. The maximum absolute atomic E-state index is 10.8. The Kier molecular flexibility index (Phi) is 3.30. The van der Waals surface area contributed by atoms with E-state index < -0.39 is 0 Å². The highest BCUT2D eigenvalue weighted by Crippen LogP contribution is 2.24. The second-order valence-corrected chi connectivity index (χ2v) is 3.79. The first-order valence-electron chi connectivity index (χ1n) is 4.87. The molecule has 1 rings (SSSR count). The molecule has 2 heteroatoms. The van der Waals surface area contributed by atoms with Crippen molar-refractivity contribution in [3.63, 3.8) is 0 Å². The van der Waals surface area contributed by atoms with Gasteiger partial charge in [0, 0.05) is 12.5 Å². The van der Waals surface area contributed by atoms with Crippen molar-refractivity contribution >= 4 is 11.7 Å². The number of hydrogen-bond donors (Lipinski definition) is 0. The van der Waals surface area contributed by atoms with Crippen molar-refractivity contribution in [2.45, 2.75) is 27.7 Å². The molecule has 0 saturated carbocycles. The minimum atomic E-state index is -0.334. The Balaban J connectivity index is 3.14. The Labute approximate surface area is 90.6 Å². The van der Waals surface area contributed by atoms with Crippen LogP contribution >= 0.6 is 0 Å². The van der Waals surface area contributed by atoms with Gasteiger partial charge in [-0.25, -0.2) is 0 Å². The van der Waals surface area contributed by atoms with Crippen molar-refractivity contribution < 1.29 is 9.53 Å². The van der Waals surface area contributed by atoms with E-state index in [1.54, 1.807) is 0 Å². The molecule has 0 unspecified atom stereocenters. The van der Waals surface area contributed by atoms with E-state index in [4.69, 9.17) is 4.74 Å². The first-order valence-corrected chi connectivity index (χ1v) is 4.87. The van der Waals surface area contributed by atoms with Crippen molar-refractivity contribution in [1.29, 1.82) is 0 Å². The van der Waals surface area contributed by atoms with Gasteiger partial charge in [-0.05, 0) is 31.9 Å². The molecule has 0 fully saturated rings. The van der Waals surface area contributed by atoms with E-state index in [2.05, 4.69) is 18.7 Å². The number of ether oxygens (including phenoxy) is 1. The van der Waals surface area contributed by atoms with Gasteiger partial charge >= 0.3 is 5.97 Å². The Hall–Kier alpha value is -1.57. The van der Waals surface area contributed by atoms with E-state index in [1.807, 2.05) is 20.8 Å². The lowest BCUT2D eigenvalue weighted by Gasteiger charge is -2.12. The summed E-state index contributed by atoms with van der Waals surface area (Å²) in [5, 5.41) is 0. The van der Waals surface area contributed by atoms with Crippen LogP contribution in [-0.2, 0) is 9.53 Å². The number of benzene rings is 1. The summed E-state index contributed by atoms with van der Waals surface area (Å²) in [7, 11) is 0. The summed E-state index contributed by atoms with van der Waals surface area (Å²) in [6.07, 6.45) is 0. The summed E-state index contributed by atoms with van der Waals surface area (Å²) in [6, 6.07) is 4.11. The molecule has 0 atom stereocenters. The van der Waals surface area contributed by atoms with Crippen molar-refractivity contribution in [2.75, 3.05) is 0 Å². The highest BCUT2D eigenvalue weighted by molar-refractivity contribution is 5.77. The number of carbonyl (C=O) groups excluding carboxylic acids is 1. The molecule has 0 aliphatic carbocycles. The molecule has 0 bridgehead atoms. The summed E-state index contributed by atoms with van der Waals surface area (Å²) in [5.41, 5.74) is 4.29. The van der Waals surface area contributed by atoms with Gasteiger partial charge in [0.2, 0.25) is 0 Å². The minimum Gasteiger partial charge on any atom is -0.427 e. The zero-order valence-electron chi connectivity index (χ0n) is 9.68. The predicted molar refractivity (Wildman–Crippen MR) is 61.5 cm³/mol. The van der Waals surface area contributed by atoms with Gasteiger partial charge in [-0.1, -0.05) is 24.3 Å².